The number of pyridine rings is 1. The van der Waals surface area contributed by atoms with Crippen LogP contribution in [0.4, 0.5) is 5.69 Å². The first-order valence-corrected chi connectivity index (χ1v) is 10.6. The summed E-state index contributed by atoms with van der Waals surface area (Å²) in [4.78, 5) is 16.4. The third-order valence-electron chi connectivity index (χ3n) is 5.23. The highest BCUT2D eigenvalue weighted by Gasteiger charge is 2.19. The first kappa shape index (κ1) is 18.0. The molecule has 0 bridgehead atoms. The summed E-state index contributed by atoms with van der Waals surface area (Å²) in [7, 11) is 0. The van der Waals surface area contributed by atoms with Gasteiger partial charge in [-0.3, -0.25) is 9.88 Å². The number of hydrogen-bond donors (Lipinski definition) is 1. The van der Waals surface area contributed by atoms with Crippen LogP contribution >= 0.6 is 11.3 Å². The molecular formula is C23H21N5S. The number of nitrogen functional groups attached to an aromatic ring is 1. The van der Waals surface area contributed by atoms with Crippen LogP contribution in [0.25, 0.3) is 22.6 Å². The lowest BCUT2D eigenvalue weighted by Crippen LogP contribution is -2.31. The van der Waals surface area contributed by atoms with Crippen molar-refractivity contribution in [3.8, 4) is 22.6 Å². The van der Waals surface area contributed by atoms with Crippen molar-refractivity contribution in [2.24, 2.45) is 0 Å². The van der Waals surface area contributed by atoms with Crippen LogP contribution in [0.2, 0.25) is 0 Å². The van der Waals surface area contributed by atoms with Gasteiger partial charge in [-0.2, -0.15) is 11.3 Å². The smallest absolute Gasteiger partial charge is 0.159 e. The lowest BCUT2D eigenvalue weighted by atomic mass is 10.1. The molecule has 0 saturated heterocycles. The van der Waals surface area contributed by atoms with E-state index in [0.29, 0.717) is 0 Å². The standard InChI is InChI=1S/C23H21N5S/c24-20-4-2-17(3-5-20)23-26-12-19-14-28(9-7-22(19)27-23)13-16-1-6-21(25-11-16)18-8-10-29-15-18/h1-6,8,10-12,15H,7,9,13-14,24H2. The summed E-state index contributed by atoms with van der Waals surface area (Å²) < 4.78 is 0. The maximum atomic E-state index is 5.78. The zero-order chi connectivity index (χ0) is 19.6. The van der Waals surface area contributed by atoms with E-state index < -0.39 is 0 Å². The van der Waals surface area contributed by atoms with Gasteiger partial charge in [0.1, 0.15) is 0 Å². The average Bonchev–Trinajstić information content (AvgIpc) is 3.29. The second kappa shape index (κ2) is 7.73. The zero-order valence-electron chi connectivity index (χ0n) is 16.0. The van der Waals surface area contributed by atoms with Crippen molar-refractivity contribution in [2.75, 3.05) is 12.3 Å². The maximum Gasteiger partial charge on any atom is 0.159 e. The molecule has 4 aromatic rings. The minimum absolute atomic E-state index is 0.750. The summed E-state index contributed by atoms with van der Waals surface area (Å²) in [6.07, 6.45) is 4.89. The van der Waals surface area contributed by atoms with E-state index in [4.69, 9.17) is 10.7 Å². The van der Waals surface area contributed by atoms with E-state index in [1.165, 1.54) is 16.7 Å². The van der Waals surface area contributed by atoms with Gasteiger partial charge in [0.05, 0.1) is 11.4 Å². The highest BCUT2D eigenvalue weighted by atomic mass is 32.1. The van der Waals surface area contributed by atoms with Gasteiger partial charge in [0.2, 0.25) is 0 Å². The predicted molar refractivity (Wildman–Crippen MR) is 117 cm³/mol. The molecule has 1 aliphatic rings. The molecule has 29 heavy (non-hydrogen) atoms. The Balaban J connectivity index is 1.28. The van der Waals surface area contributed by atoms with Gasteiger partial charge in [-0.25, -0.2) is 9.97 Å². The van der Waals surface area contributed by atoms with Crippen molar-refractivity contribution >= 4 is 17.0 Å². The zero-order valence-corrected chi connectivity index (χ0v) is 16.8. The van der Waals surface area contributed by atoms with E-state index in [0.717, 1.165) is 54.5 Å². The Hall–Kier alpha value is -3.09. The summed E-state index contributed by atoms with van der Waals surface area (Å²) in [5, 5.41) is 4.21. The molecule has 2 N–H and O–H groups in total. The number of nitrogens with two attached hydrogens (primary N) is 1. The molecule has 0 atom stereocenters. The molecule has 6 heteroatoms. The molecule has 5 rings (SSSR count). The molecule has 144 valence electrons. The molecule has 4 heterocycles. The summed E-state index contributed by atoms with van der Waals surface area (Å²) in [6, 6.07) is 14.1. The Bertz CT molecular complexity index is 1110. The van der Waals surface area contributed by atoms with E-state index in [9.17, 15) is 0 Å². The van der Waals surface area contributed by atoms with Gasteiger partial charge in [-0.1, -0.05) is 6.07 Å². The summed E-state index contributed by atoms with van der Waals surface area (Å²) in [5.74, 6) is 0.769. The first-order chi connectivity index (χ1) is 14.2. The van der Waals surface area contributed by atoms with Crippen LogP contribution in [0.5, 0.6) is 0 Å². The second-order valence-electron chi connectivity index (χ2n) is 7.31. The van der Waals surface area contributed by atoms with Crippen molar-refractivity contribution in [1.29, 1.82) is 0 Å². The number of nitrogens with zero attached hydrogens (tertiary/aromatic N) is 4. The number of aromatic nitrogens is 3. The SMILES string of the molecule is Nc1ccc(-c2ncc3c(n2)CCN(Cc2ccc(-c4ccsc4)nc2)C3)cc1. The molecule has 0 fully saturated rings. The van der Waals surface area contributed by atoms with Gasteiger partial charge in [0, 0.05) is 66.2 Å². The molecule has 0 radical (unpaired) electrons. The van der Waals surface area contributed by atoms with Crippen LogP contribution in [-0.4, -0.2) is 26.4 Å². The molecular weight excluding hydrogens is 378 g/mol. The minimum atomic E-state index is 0.750. The Labute approximate surface area is 173 Å². The minimum Gasteiger partial charge on any atom is -0.399 e. The van der Waals surface area contributed by atoms with Crippen molar-refractivity contribution in [2.45, 2.75) is 19.5 Å². The molecule has 0 spiro atoms. The lowest BCUT2D eigenvalue weighted by molar-refractivity contribution is 0.242. The molecule has 0 aliphatic carbocycles. The van der Waals surface area contributed by atoms with E-state index >= 15 is 0 Å². The van der Waals surface area contributed by atoms with Gasteiger partial charge < -0.3 is 5.73 Å². The molecule has 0 amide bonds. The van der Waals surface area contributed by atoms with Crippen molar-refractivity contribution < 1.29 is 0 Å². The molecule has 0 saturated carbocycles. The fraction of sp³-hybridized carbons (Fsp3) is 0.174. The Morgan fingerprint density at radius 2 is 1.86 bits per heavy atom. The fourth-order valence-electron chi connectivity index (χ4n) is 3.64. The molecule has 1 aromatic carbocycles. The largest absolute Gasteiger partial charge is 0.399 e. The highest BCUT2D eigenvalue weighted by Crippen LogP contribution is 2.24. The predicted octanol–water partition coefficient (Wildman–Crippen LogP) is 4.41. The van der Waals surface area contributed by atoms with E-state index in [2.05, 4.69) is 43.8 Å². The molecule has 0 unspecified atom stereocenters. The number of hydrogen-bond acceptors (Lipinski definition) is 6. The third-order valence-corrected chi connectivity index (χ3v) is 5.91. The third kappa shape index (κ3) is 3.90. The van der Waals surface area contributed by atoms with Crippen molar-refractivity contribution in [1.82, 2.24) is 19.9 Å². The maximum absolute atomic E-state index is 5.78. The van der Waals surface area contributed by atoms with Gasteiger partial charge in [0.25, 0.3) is 0 Å². The fourth-order valence-corrected chi connectivity index (χ4v) is 4.29. The Morgan fingerprint density at radius 1 is 0.966 bits per heavy atom. The van der Waals surface area contributed by atoms with E-state index in [-0.39, 0.29) is 0 Å². The second-order valence-corrected chi connectivity index (χ2v) is 8.09. The molecule has 5 nitrogen and oxygen atoms in total. The lowest BCUT2D eigenvalue weighted by Gasteiger charge is -2.28. The van der Waals surface area contributed by atoms with Gasteiger partial charge in [-0.05, 0) is 47.3 Å². The summed E-state index contributed by atoms with van der Waals surface area (Å²) >= 11 is 1.70. The van der Waals surface area contributed by atoms with Crippen molar-refractivity contribution in [3.63, 3.8) is 0 Å². The van der Waals surface area contributed by atoms with Crippen LogP contribution < -0.4 is 5.73 Å². The van der Waals surface area contributed by atoms with Crippen LogP contribution in [0, 0.1) is 0 Å². The van der Waals surface area contributed by atoms with Crippen LogP contribution in [0.1, 0.15) is 16.8 Å². The average molecular weight is 400 g/mol. The molecule has 1 aliphatic heterocycles. The van der Waals surface area contributed by atoms with Crippen LogP contribution in [-0.2, 0) is 19.5 Å². The molecule has 3 aromatic heterocycles. The van der Waals surface area contributed by atoms with E-state index in [1.54, 1.807) is 11.3 Å². The van der Waals surface area contributed by atoms with Crippen LogP contribution in [0.15, 0.2) is 65.6 Å². The Kier molecular flexibility index (Phi) is 4.79. The highest BCUT2D eigenvalue weighted by molar-refractivity contribution is 7.08. The van der Waals surface area contributed by atoms with Gasteiger partial charge in [0.15, 0.2) is 5.82 Å². The quantitative estimate of drug-likeness (QED) is 0.515. The summed E-state index contributed by atoms with van der Waals surface area (Å²) in [5.41, 5.74) is 13.3. The van der Waals surface area contributed by atoms with Crippen LogP contribution in [0.3, 0.4) is 0 Å². The normalized spacial score (nSPS) is 13.9. The number of fused-ring (bicyclic) bond motifs is 1. The monoisotopic (exact) mass is 399 g/mol. The summed E-state index contributed by atoms with van der Waals surface area (Å²) in [6.45, 7) is 2.73. The number of benzene rings is 1. The van der Waals surface area contributed by atoms with E-state index in [1.807, 2.05) is 36.7 Å². The van der Waals surface area contributed by atoms with Gasteiger partial charge in [-0.15, -0.1) is 0 Å². The van der Waals surface area contributed by atoms with Gasteiger partial charge >= 0.3 is 0 Å². The van der Waals surface area contributed by atoms with Crippen molar-refractivity contribution in [3.05, 3.63) is 82.4 Å². The Morgan fingerprint density at radius 3 is 2.62 bits per heavy atom. The topological polar surface area (TPSA) is 67.9 Å². The number of anilines is 1. The number of rotatable bonds is 4. The first-order valence-electron chi connectivity index (χ1n) is 9.65. The number of thiophene rings is 1.